The van der Waals surface area contributed by atoms with E-state index in [0.717, 1.165) is 0 Å². The van der Waals surface area contributed by atoms with Gasteiger partial charge in [0, 0.05) is 0 Å². The van der Waals surface area contributed by atoms with Crippen molar-refractivity contribution in [3.63, 3.8) is 0 Å². The van der Waals surface area contributed by atoms with E-state index >= 15 is 0 Å². The minimum absolute atomic E-state index is 0.00776. The summed E-state index contributed by atoms with van der Waals surface area (Å²) in [6.45, 7) is 2.33. The third kappa shape index (κ3) is 3.04. The van der Waals surface area contributed by atoms with Gasteiger partial charge in [0.1, 0.15) is 27.9 Å². The number of aliphatic imine (C=N–C) groups is 1. The summed E-state index contributed by atoms with van der Waals surface area (Å²) < 4.78 is 12.6. The van der Waals surface area contributed by atoms with Crippen LogP contribution in [-0.2, 0) is 4.74 Å². The predicted octanol–water partition coefficient (Wildman–Crippen LogP) is 3.89. The van der Waals surface area contributed by atoms with Gasteiger partial charge < -0.3 is 14.6 Å². The van der Waals surface area contributed by atoms with Gasteiger partial charge in [-0.25, -0.2) is 15.0 Å². The average Bonchev–Trinajstić information content (AvgIpc) is 3.06. The number of halogens is 1. The SMILES string of the molecule is CCOC1=NC(c2nc3ccc(Cl)nc3n2-c2c(O)cccc2OC)=C=C=C1. The Morgan fingerprint density at radius 1 is 1.21 bits per heavy atom. The molecular weight excluding hydrogens is 380 g/mol. The molecule has 7 nitrogen and oxygen atoms in total. The Bertz CT molecular complexity index is 1220. The Labute approximate surface area is 165 Å². The monoisotopic (exact) mass is 394 g/mol. The van der Waals surface area contributed by atoms with E-state index in [1.165, 1.54) is 7.11 Å². The highest BCUT2D eigenvalue weighted by atomic mass is 35.5. The van der Waals surface area contributed by atoms with Gasteiger partial charge in [0.2, 0.25) is 5.90 Å². The minimum Gasteiger partial charge on any atom is -0.506 e. The van der Waals surface area contributed by atoms with E-state index in [4.69, 9.17) is 21.1 Å². The lowest BCUT2D eigenvalue weighted by atomic mass is 10.2. The molecule has 4 rings (SSSR count). The number of phenols is 1. The van der Waals surface area contributed by atoms with Gasteiger partial charge in [-0.05, 0) is 36.9 Å². The molecule has 2 aromatic heterocycles. The molecule has 0 amide bonds. The van der Waals surface area contributed by atoms with Crippen molar-refractivity contribution in [3.8, 4) is 17.2 Å². The second-order valence-corrected chi connectivity index (χ2v) is 6.11. The van der Waals surface area contributed by atoms with Crippen molar-refractivity contribution in [2.45, 2.75) is 6.92 Å². The summed E-state index contributed by atoms with van der Waals surface area (Å²) in [6, 6.07) is 8.36. The van der Waals surface area contributed by atoms with Gasteiger partial charge in [-0.15, -0.1) is 0 Å². The zero-order chi connectivity index (χ0) is 19.7. The number of ether oxygens (including phenoxy) is 2. The zero-order valence-electron chi connectivity index (χ0n) is 15.1. The number of para-hydroxylation sites is 1. The highest BCUT2D eigenvalue weighted by Gasteiger charge is 2.23. The summed E-state index contributed by atoms with van der Waals surface area (Å²) in [4.78, 5) is 13.5. The maximum absolute atomic E-state index is 10.6. The summed E-state index contributed by atoms with van der Waals surface area (Å²) >= 11 is 6.12. The van der Waals surface area contributed by atoms with Crippen LogP contribution in [-0.4, -0.2) is 39.3 Å². The minimum atomic E-state index is -0.00776. The quantitative estimate of drug-likeness (QED) is 0.536. The normalized spacial score (nSPS) is 12.8. The third-order valence-corrected chi connectivity index (χ3v) is 4.21. The van der Waals surface area contributed by atoms with Gasteiger partial charge in [-0.3, -0.25) is 4.57 Å². The van der Waals surface area contributed by atoms with Gasteiger partial charge in [0.25, 0.3) is 0 Å². The van der Waals surface area contributed by atoms with Crippen LogP contribution in [0.3, 0.4) is 0 Å². The number of fused-ring (bicyclic) bond motifs is 1. The second kappa shape index (κ2) is 7.25. The lowest BCUT2D eigenvalue weighted by molar-refractivity contribution is 0.330. The van der Waals surface area contributed by atoms with Gasteiger partial charge in [0.05, 0.1) is 19.8 Å². The highest BCUT2D eigenvalue weighted by Crippen LogP contribution is 2.36. The van der Waals surface area contributed by atoms with E-state index in [-0.39, 0.29) is 5.75 Å². The number of methoxy groups -OCH3 is 1. The number of benzene rings is 1. The summed E-state index contributed by atoms with van der Waals surface area (Å²) in [5.41, 5.74) is 7.59. The molecule has 1 aliphatic rings. The van der Waals surface area contributed by atoms with Crippen LogP contribution in [0, 0.1) is 0 Å². The Hall–Kier alpha value is -3.50. The molecule has 0 spiro atoms. The van der Waals surface area contributed by atoms with Crippen LogP contribution in [0.2, 0.25) is 5.15 Å². The predicted molar refractivity (Wildman–Crippen MR) is 106 cm³/mol. The van der Waals surface area contributed by atoms with Crippen molar-refractivity contribution in [2.75, 3.05) is 13.7 Å². The van der Waals surface area contributed by atoms with Crippen molar-refractivity contribution in [3.05, 3.63) is 58.8 Å². The van der Waals surface area contributed by atoms with Crippen molar-refractivity contribution in [2.24, 2.45) is 4.99 Å². The molecule has 3 heterocycles. The molecule has 8 heteroatoms. The summed E-state index contributed by atoms with van der Waals surface area (Å²) in [7, 11) is 1.52. The molecule has 0 aliphatic carbocycles. The Morgan fingerprint density at radius 3 is 2.86 bits per heavy atom. The number of hydrogen-bond acceptors (Lipinski definition) is 6. The molecule has 0 atom stereocenters. The molecule has 140 valence electrons. The molecule has 1 N–H and O–H groups in total. The average molecular weight is 395 g/mol. The molecule has 0 radical (unpaired) electrons. The Morgan fingerprint density at radius 2 is 2.07 bits per heavy atom. The number of aromatic nitrogens is 3. The fourth-order valence-electron chi connectivity index (χ4n) is 2.87. The lowest BCUT2D eigenvalue weighted by Gasteiger charge is -2.14. The Balaban J connectivity index is 2.06. The molecule has 0 bridgehead atoms. The maximum Gasteiger partial charge on any atom is 0.223 e. The van der Waals surface area contributed by atoms with Crippen LogP contribution in [0.5, 0.6) is 11.5 Å². The number of phenolic OH excluding ortho intramolecular Hbond substituents is 1. The zero-order valence-corrected chi connectivity index (χ0v) is 15.9. The first-order valence-electron chi connectivity index (χ1n) is 8.47. The number of aromatic hydroxyl groups is 1. The fraction of sp³-hybridized carbons (Fsp3) is 0.150. The Kier molecular flexibility index (Phi) is 4.63. The van der Waals surface area contributed by atoms with E-state index < -0.39 is 0 Å². The summed E-state index contributed by atoms with van der Waals surface area (Å²) in [5, 5.41) is 10.9. The molecule has 28 heavy (non-hydrogen) atoms. The smallest absolute Gasteiger partial charge is 0.223 e. The molecule has 0 saturated carbocycles. The summed E-state index contributed by atoms with van der Waals surface area (Å²) in [5.74, 6) is 1.21. The number of hydrogen-bond donors (Lipinski definition) is 1. The number of rotatable bonds is 4. The lowest BCUT2D eigenvalue weighted by Crippen LogP contribution is -2.07. The molecule has 0 unspecified atom stereocenters. The number of nitrogens with zero attached hydrogens (tertiary/aromatic N) is 4. The van der Waals surface area contributed by atoms with Crippen LogP contribution in [0.25, 0.3) is 22.5 Å². The van der Waals surface area contributed by atoms with E-state index in [2.05, 4.69) is 26.4 Å². The standard InChI is InChI=1S/C20H15ClN4O3/c1-3-28-17-9-4-6-12(22-17)19-23-13-10-11-16(21)24-20(13)25(19)18-14(26)7-5-8-15(18)27-2/h5,7-11,26H,3H2,1-2H3. The van der Waals surface area contributed by atoms with Crippen LogP contribution < -0.4 is 4.74 Å². The second-order valence-electron chi connectivity index (χ2n) is 5.72. The van der Waals surface area contributed by atoms with Crippen molar-refractivity contribution >= 4 is 34.4 Å². The molecule has 0 saturated heterocycles. The molecular formula is C20H15ClN4O3. The van der Waals surface area contributed by atoms with Gasteiger partial charge in [-0.1, -0.05) is 23.4 Å². The molecule has 1 aromatic carbocycles. The molecule has 0 fully saturated rings. The topological polar surface area (TPSA) is 81.8 Å². The van der Waals surface area contributed by atoms with E-state index in [1.54, 1.807) is 41.0 Å². The van der Waals surface area contributed by atoms with Gasteiger partial charge in [0.15, 0.2) is 17.2 Å². The first-order chi connectivity index (χ1) is 13.6. The van der Waals surface area contributed by atoms with Gasteiger partial charge >= 0.3 is 0 Å². The van der Waals surface area contributed by atoms with E-state index in [1.807, 2.05) is 6.92 Å². The van der Waals surface area contributed by atoms with Crippen LogP contribution in [0.1, 0.15) is 12.7 Å². The molecule has 1 aliphatic heterocycles. The first-order valence-corrected chi connectivity index (χ1v) is 8.85. The van der Waals surface area contributed by atoms with Gasteiger partial charge in [-0.2, -0.15) is 0 Å². The third-order valence-electron chi connectivity index (χ3n) is 4.00. The molecule has 3 aromatic rings. The van der Waals surface area contributed by atoms with Crippen molar-refractivity contribution < 1.29 is 14.6 Å². The van der Waals surface area contributed by atoms with Crippen molar-refractivity contribution in [1.29, 1.82) is 0 Å². The largest absolute Gasteiger partial charge is 0.506 e. The number of imidazole rings is 1. The first kappa shape index (κ1) is 17.9. The van der Waals surface area contributed by atoms with E-state index in [0.29, 0.717) is 51.8 Å². The highest BCUT2D eigenvalue weighted by molar-refractivity contribution is 6.29. The fourth-order valence-corrected chi connectivity index (χ4v) is 3.01. The van der Waals surface area contributed by atoms with Crippen LogP contribution in [0.4, 0.5) is 0 Å². The van der Waals surface area contributed by atoms with Crippen LogP contribution in [0.15, 0.2) is 52.9 Å². The number of pyridine rings is 1. The summed E-state index contributed by atoms with van der Waals surface area (Å²) in [6.07, 6.45) is 1.59. The van der Waals surface area contributed by atoms with Crippen molar-refractivity contribution in [1.82, 2.24) is 14.5 Å². The maximum atomic E-state index is 10.6. The van der Waals surface area contributed by atoms with E-state index in [9.17, 15) is 5.11 Å². The van der Waals surface area contributed by atoms with Crippen LogP contribution >= 0.6 is 11.6 Å².